The summed E-state index contributed by atoms with van der Waals surface area (Å²) >= 11 is 5.54. The molecule has 0 aliphatic carbocycles. The van der Waals surface area contributed by atoms with Crippen molar-refractivity contribution in [3.05, 3.63) is 29.0 Å². The molecule has 0 saturated heterocycles. The first-order valence-electron chi connectivity index (χ1n) is 4.35. The molecule has 4 heteroatoms. The number of rotatable bonds is 4. The summed E-state index contributed by atoms with van der Waals surface area (Å²) in [6.07, 6.45) is 0.0914. The van der Waals surface area contributed by atoms with Gasteiger partial charge in [0.15, 0.2) is 0 Å². The third-order valence-corrected chi connectivity index (χ3v) is 2.22. The lowest BCUT2D eigenvalue weighted by Crippen LogP contribution is -2.18. The lowest BCUT2D eigenvalue weighted by Gasteiger charge is -2.11. The SMILES string of the molecule is COC(C)CNc1ccc(Cl)c(F)c1. The number of nitrogens with one attached hydrogen (secondary N) is 1. The van der Waals surface area contributed by atoms with Crippen molar-refractivity contribution >= 4 is 17.3 Å². The van der Waals surface area contributed by atoms with Gasteiger partial charge in [-0.15, -0.1) is 0 Å². The molecule has 1 atom stereocenters. The smallest absolute Gasteiger partial charge is 0.143 e. The molecule has 78 valence electrons. The van der Waals surface area contributed by atoms with E-state index in [4.69, 9.17) is 16.3 Å². The van der Waals surface area contributed by atoms with Crippen molar-refractivity contribution in [1.82, 2.24) is 0 Å². The van der Waals surface area contributed by atoms with E-state index >= 15 is 0 Å². The van der Waals surface area contributed by atoms with Crippen LogP contribution in [0.5, 0.6) is 0 Å². The van der Waals surface area contributed by atoms with Crippen LogP contribution in [0.2, 0.25) is 5.02 Å². The Balaban J connectivity index is 2.55. The molecule has 0 saturated carbocycles. The number of halogens is 2. The van der Waals surface area contributed by atoms with E-state index in [1.807, 2.05) is 6.92 Å². The predicted molar refractivity (Wildman–Crippen MR) is 56.4 cm³/mol. The van der Waals surface area contributed by atoms with Gasteiger partial charge in [-0.3, -0.25) is 0 Å². The number of methoxy groups -OCH3 is 1. The lowest BCUT2D eigenvalue weighted by atomic mass is 10.3. The molecular weight excluding hydrogens is 205 g/mol. The summed E-state index contributed by atoms with van der Waals surface area (Å²) in [6, 6.07) is 4.62. The molecule has 0 spiro atoms. The van der Waals surface area contributed by atoms with E-state index in [9.17, 15) is 4.39 Å². The number of hydrogen-bond acceptors (Lipinski definition) is 2. The molecule has 2 nitrogen and oxygen atoms in total. The standard InChI is InChI=1S/C10H13ClFNO/c1-7(14-2)6-13-8-3-4-9(11)10(12)5-8/h3-5,7,13H,6H2,1-2H3. The first kappa shape index (κ1) is 11.3. The zero-order chi connectivity index (χ0) is 10.6. The van der Waals surface area contributed by atoms with Crippen molar-refractivity contribution < 1.29 is 9.13 Å². The molecule has 0 bridgehead atoms. The molecule has 0 aliphatic rings. The van der Waals surface area contributed by atoms with Crippen molar-refractivity contribution in [2.75, 3.05) is 19.0 Å². The maximum Gasteiger partial charge on any atom is 0.143 e. The van der Waals surface area contributed by atoms with Gasteiger partial charge in [0, 0.05) is 19.3 Å². The highest BCUT2D eigenvalue weighted by Gasteiger charge is 2.02. The highest BCUT2D eigenvalue weighted by Crippen LogP contribution is 2.18. The van der Waals surface area contributed by atoms with Crippen LogP contribution in [-0.2, 0) is 4.74 Å². The van der Waals surface area contributed by atoms with Crippen molar-refractivity contribution in [3.8, 4) is 0 Å². The van der Waals surface area contributed by atoms with E-state index < -0.39 is 5.82 Å². The summed E-state index contributed by atoms with van der Waals surface area (Å²) in [6.45, 7) is 2.57. The fourth-order valence-corrected chi connectivity index (χ4v) is 1.07. The molecule has 0 aliphatic heterocycles. The second-order valence-corrected chi connectivity index (χ2v) is 3.46. The minimum absolute atomic E-state index is 0.0914. The molecule has 0 amide bonds. The topological polar surface area (TPSA) is 21.3 Å². The van der Waals surface area contributed by atoms with Crippen LogP contribution in [0.1, 0.15) is 6.92 Å². The molecule has 1 aromatic rings. The van der Waals surface area contributed by atoms with Crippen LogP contribution in [-0.4, -0.2) is 19.8 Å². The first-order chi connectivity index (χ1) is 6.63. The summed E-state index contributed by atoms with van der Waals surface area (Å²) < 4.78 is 18.0. The molecule has 1 rings (SSSR count). The quantitative estimate of drug-likeness (QED) is 0.838. The van der Waals surface area contributed by atoms with Gasteiger partial charge in [-0.25, -0.2) is 4.39 Å². The predicted octanol–water partition coefficient (Wildman–Crippen LogP) is 2.93. The Kier molecular flexibility index (Phi) is 4.17. The largest absolute Gasteiger partial charge is 0.382 e. The summed E-state index contributed by atoms with van der Waals surface area (Å²) in [5, 5.41) is 3.17. The minimum Gasteiger partial charge on any atom is -0.382 e. The Morgan fingerprint density at radius 1 is 1.57 bits per heavy atom. The zero-order valence-electron chi connectivity index (χ0n) is 8.18. The number of ether oxygens (including phenoxy) is 1. The lowest BCUT2D eigenvalue weighted by molar-refractivity contribution is 0.129. The number of hydrogen-bond donors (Lipinski definition) is 1. The van der Waals surface area contributed by atoms with E-state index in [-0.39, 0.29) is 11.1 Å². The van der Waals surface area contributed by atoms with E-state index in [1.165, 1.54) is 12.1 Å². The summed E-state index contributed by atoms with van der Waals surface area (Å²) in [5.41, 5.74) is 0.704. The highest BCUT2D eigenvalue weighted by molar-refractivity contribution is 6.30. The van der Waals surface area contributed by atoms with Crippen molar-refractivity contribution in [2.24, 2.45) is 0 Å². The maximum absolute atomic E-state index is 13.0. The molecule has 0 fully saturated rings. The third kappa shape index (κ3) is 3.16. The third-order valence-electron chi connectivity index (χ3n) is 1.92. The Morgan fingerprint density at radius 2 is 2.29 bits per heavy atom. The fourth-order valence-electron chi connectivity index (χ4n) is 0.951. The maximum atomic E-state index is 13.0. The van der Waals surface area contributed by atoms with Gasteiger partial charge in [0.05, 0.1) is 11.1 Å². The molecule has 0 heterocycles. The zero-order valence-corrected chi connectivity index (χ0v) is 8.94. The average Bonchev–Trinajstić information content (AvgIpc) is 2.19. The Hall–Kier alpha value is -0.800. The Labute approximate surface area is 88.0 Å². The van der Waals surface area contributed by atoms with E-state index in [2.05, 4.69) is 5.32 Å². The van der Waals surface area contributed by atoms with Crippen LogP contribution in [0.25, 0.3) is 0 Å². The van der Waals surface area contributed by atoms with Gasteiger partial charge in [0.2, 0.25) is 0 Å². The molecule has 0 radical (unpaired) electrons. The first-order valence-corrected chi connectivity index (χ1v) is 4.73. The highest BCUT2D eigenvalue weighted by atomic mass is 35.5. The molecule has 1 aromatic carbocycles. The summed E-state index contributed by atoms with van der Waals surface area (Å²) in [7, 11) is 1.63. The van der Waals surface area contributed by atoms with Crippen LogP contribution >= 0.6 is 11.6 Å². The second-order valence-electron chi connectivity index (χ2n) is 3.06. The fraction of sp³-hybridized carbons (Fsp3) is 0.400. The van der Waals surface area contributed by atoms with Gasteiger partial charge in [-0.05, 0) is 25.1 Å². The second kappa shape index (κ2) is 5.17. The van der Waals surface area contributed by atoms with Gasteiger partial charge < -0.3 is 10.1 Å². The monoisotopic (exact) mass is 217 g/mol. The Bertz CT molecular complexity index is 306. The van der Waals surface area contributed by atoms with Gasteiger partial charge in [0.1, 0.15) is 5.82 Å². The van der Waals surface area contributed by atoms with E-state index in [0.29, 0.717) is 12.2 Å². The van der Waals surface area contributed by atoms with Gasteiger partial charge in [-0.2, -0.15) is 0 Å². The summed E-state index contributed by atoms with van der Waals surface area (Å²) in [5.74, 6) is -0.415. The number of benzene rings is 1. The summed E-state index contributed by atoms with van der Waals surface area (Å²) in [4.78, 5) is 0. The van der Waals surface area contributed by atoms with Crippen molar-refractivity contribution in [2.45, 2.75) is 13.0 Å². The van der Waals surface area contributed by atoms with E-state index in [0.717, 1.165) is 0 Å². The molecular formula is C10H13ClFNO. The average molecular weight is 218 g/mol. The normalized spacial score (nSPS) is 12.6. The van der Waals surface area contributed by atoms with E-state index in [1.54, 1.807) is 13.2 Å². The van der Waals surface area contributed by atoms with Crippen molar-refractivity contribution in [1.29, 1.82) is 0 Å². The molecule has 0 aromatic heterocycles. The molecule has 1 N–H and O–H groups in total. The van der Waals surface area contributed by atoms with Crippen LogP contribution in [0.3, 0.4) is 0 Å². The van der Waals surface area contributed by atoms with Gasteiger partial charge in [0.25, 0.3) is 0 Å². The Morgan fingerprint density at radius 3 is 2.86 bits per heavy atom. The number of anilines is 1. The van der Waals surface area contributed by atoms with Crippen molar-refractivity contribution in [3.63, 3.8) is 0 Å². The van der Waals surface area contributed by atoms with Gasteiger partial charge in [-0.1, -0.05) is 11.6 Å². The molecule has 1 unspecified atom stereocenters. The molecule has 14 heavy (non-hydrogen) atoms. The van der Waals surface area contributed by atoms with Gasteiger partial charge >= 0.3 is 0 Å². The van der Waals surface area contributed by atoms with Crippen LogP contribution < -0.4 is 5.32 Å². The minimum atomic E-state index is -0.415. The van der Waals surface area contributed by atoms with Crippen LogP contribution in [0.15, 0.2) is 18.2 Å². The van der Waals surface area contributed by atoms with Crippen LogP contribution in [0.4, 0.5) is 10.1 Å². The van der Waals surface area contributed by atoms with Crippen LogP contribution in [0, 0.1) is 5.82 Å².